The van der Waals surface area contributed by atoms with Gasteiger partial charge in [-0.3, -0.25) is 0 Å². The van der Waals surface area contributed by atoms with E-state index in [4.69, 9.17) is 17.0 Å². The minimum absolute atomic E-state index is 0.267. The Morgan fingerprint density at radius 3 is 2.46 bits per heavy atom. The number of aromatic nitrogens is 3. The van der Waals surface area contributed by atoms with Gasteiger partial charge in [0.05, 0.1) is 11.4 Å². The molecule has 0 bridgehead atoms. The van der Waals surface area contributed by atoms with Crippen LogP contribution in [0.4, 0.5) is 10.2 Å². The SMILES string of the molecule is Fc1ccc(-c2[nH]c(=S)[nH]c2-c2ccnc(NC3CCOCC3)c2)cc1. The topological polar surface area (TPSA) is 65.7 Å². The summed E-state index contributed by atoms with van der Waals surface area (Å²) in [6.45, 7) is 1.55. The second-order valence-corrected chi connectivity index (χ2v) is 6.71. The van der Waals surface area contributed by atoms with E-state index in [9.17, 15) is 4.39 Å². The Morgan fingerprint density at radius 2 is 1.73 bits per heavy atom. The van der Waals surface area contributed by atoms with Crippen molar-refractivity contribution in [2.45, 2.75) is 18.9 Å². The average Bonchev–Trinajstić information content (AvgIpc) is 3.05. The molecule has 2 aromatic heterocycles. The molecule has 3 N–H and O–H groups in total. The molecule has 1 fully saturated rings. The van der Waals surface area contributed by atoms with Gasteiger partial charge in [-0.25, -0.2) is 9.37 Å². The van der Waals surface area contributed by atoms with Crippen LogP contribution in [-0.2, 0) is 4.74 Å². The average molecular weight is 370 g/mol. The maximum Gasteiger partial charge on any atom is 0.175 e. The van der Waals surface area contributed by atoms with Crippen molar-refractivity contribution in [3.63, 3.8) is 0 Å². The van der Waals surface area contributed by atoms with Crippen LogP contribution in [0.5, 0.6) is 0 Å². The third kappa shape index (κ3) is 3.68. The number of halogens is 1. The largest absolute Gasteiger partial charge is 0.381 e. The number of pyridine rings is 1. The summed E-state index contributed by atoms with van der Waals surface area (Å²) in [5.41, 5.74) is 3.52. The van der Waals surface area contributed by atoms with Crippen molar-refractivity contribution in [1.82, 2.24) is 15.0 Å². The van der Waals surface area contributed by atoms with Crippen molar-refractivity contribution in [1.29, 1.82) is 0 Å². The van der Waals surface area contributed by atoms with Gasteiger partial charge in [0.2, 0.25) is 0 Å². The number of hydrogen-bond donors (Lipinski definition) is 3. The van der Waals surface area contributed by atoms with E-state index >= 15 is 0 Å². The van der Waals surface area contributed by atoms with Gasteiger partial charge in [-0.1, -0.05) is 0 Å². The summed E-state index contributed by atoms with van der Waals surface area (Å²) in [6, 6.07) is 10.6. The summed E-state index contributed by atoms with van der Waals surface area (Å²) in [6.07, 6.45) is 3.72. The van der Waals surface area contributed by atoms with Gasteiger partial charge < -0.3 is 20.0 Å². The van der Waals surface area contributed by atoms with Gasteiger partial charge in [-0.2, -0.15) is 0 Å². The predicted octanol–water partition coefficient (Wildman–Crippen LogP) is 4.53. The molecule has 0 saturated carbocycles. The second kappa shape index (κ2) is 7.39. The summed E-state index contributed by atoms with van der Waals surface area (Å²) in [4.78, 5) is 10.8. The van der Waals surface area contributed by atoms with Crippen LogP contribution in [-0.4, -0.2) is 34.2 Å². The first-order valence-corrected chi connectivity index (χ1v) is 8.99. The molecule has 0 radical (unpaired) electrons. The molecule has 26 heavy (non-hydrogen) atoms. The van der Waals surface area contributed by atoms with Crippen molar-refractivity contribution in [2.24, 2.45) is 0 Å². The highest BCUT2D eigenvalue weighted by molar-refractivity contribution is 7.71. The molecule has 1 aliphatic heterocycles. The van der Waals surface area contributed by atoms with E-state index in [1.165, 1.54) is 12.1 Å². The highest BCUT2D eigenvalue weighted by atomic mass is 32.1. The first-order chi connectivity index (χ1) is 12.7. The number of nitrogens with zero attached hydrogens (tertiary/aromatic N) is 1. The molecule has 4 rings (SSSR count). The predicted molar refractivity (Wildman–Crippen MR) is 102 cm³/mol. The molecule has 5 nitrogen and oxygen atoms in total. The molecule has 1 aliphatic rings. The molecule has 0 aliphatic carbocycles. The van der Waals surface area contributed by atoms with E-state index < -0.39 is 0 Å². The molecule has 0 spiro atoms. The number of ether oxygens (including phenoxy) is 1. The van der Waals surface area contributed by atoms with Gasteiger partial charge in [0, 0.05) is 36.6 Å². The lowest BCUT2D eigenvalue weighted by Crippen LogP contribution is -2.28. The summed E-state index contributed by atoms with van der Waals surface area (Å²) in [5.74, 6) is 0.552. The van der Waals surface area contributed by atoms with E-state index in [0.717, 1.165) is 54.4 Å². The fourth-order valence-electron chi connectivity index (χ4n) is 3.15. The molecular weight excluding hydrogens is 351 g/mol. The fraction of sp³-hybridized carbons (Fsp3) is 0.263. The van der Waals surface area contributed by atoms with Gasteiger partial charge >= 0.3 is 0 Å². The molecular formula is C19H19FN4OS. The Balaban J connectivity index is 1.66. The maximum atomic E-state index is 13.2. The highest BCUT2D eigenvalue weighted by Crippen LogP contribution is 2.30. The number of hydrogen-bond acceptors (Lipinski definition) is 4. The Bertz CT molecular complexity index is 945. The van der Waals surface area contributed by atoms with Crippen molar-refractivity contribution in [2.75, 3.05) is 18.5 Å². The lowest BCUT2D eigenvalue weighted by molar-refractivity contribution is 0.0904. The lowest BCUT2D eigenvalue weighted by atomic mass is 10.1. The molecule has 0 amide bonds. The quantitative estimate of drug-likeness (QED) is 0.590. The Hall–Kier alpha value is -2.51. The van der Waals surface area contributed by atoms with Gasteiger partial charge in [0.1, 0.15) is 11.6 Å². The van der Waals surface area contributed by atoms with Crippen LogP contribution < -0.4 is 5.32 Å². The highest BCUT2D eigenvalue weighted by Gasteiger charge is 2.15. The Labute approximate surface area is 155 Å². The van der Waals surface area contributed by atoms with Crippen LogP contribution in [0, 0.1) is 10.6 Å². The number of H-pyrrole nitrogens is 2. The van der Waals surface area contributed by atoms with Crippen molar-refractivity contribution >= 4 is 18.0 Å². The zero-order chi connectivity index (χ0) is 17.9. The van der Waals surface area contributed by atoms with E-state index in [1.54, 1.807) is 18.3 Å². The molecule has 0 unspecified atom stereocenters. The molecule has 1 saturated heterocycles. The zero-order valence-corrected chi connectivity index (χ0v) is 14.9. The standard InChI is InChI=1S/C19H19FN4OS/c20-14-3-1-12(2-4-14)17-18(24-19(26)23-17)13-5-8-21-16(11-13)22-15-6-9-25-10-7-15/h1-5,8,11,15H,6-7,9-10H2,(H,21,22)(H2,23,24,26). The van der Waals surface area contributed by atoms with E-state index in [1.807, 2.05) is 12.1 Å². The first-order valence-electron chi connectivity index (χ1n) is 8.58. The van der Waals surface area contributed by atoms with E-state index in [2.05, 4.69) is 20.3 Å². The van der Waals surface area contributed by atoms with Crippen LogP contribution in [0.15, 0.2) is 42.6 Å². The zero-order valence-electron chi connectivity index (χ0n) is 14.1. The monoisotopic (exact) mass is 370 g/mol. The van der Waals surface area contributed by atoms with Crippen molar-refractivity contribution in [3.8, 4) is 22.5 Å². The Kier molecular flexibility index (Phi) is 4.81. The van der Waals surface area contributed by atoms with E-state index in [-0.39, 0.29) is 5.82 Å². The third-order valence-corrected chi connectivity index (χ3v) is 4.69. The second-order valence-electron chi connectivity index (χ2n) is 6.30. The summed E-state index contributed by atoms with van der Waals surface area (Å²) >= 11 is 5.28. The summed E-state index contributed by atoms with van der Waals surface area (Å²) in [7, 11) is 0. The minimum Gasteiger partial charge on any atom is -0.381 e. The summed E-state index contributed by atoms with van der Waals surface area (Å²) < 4.78 is 19.2. The third-order valence-electron chi connectivity index (χ3n) is 4.48. The summed E-state index contributed by atoms with van der Waals surface area (Å²) in [5, 5.41) is 3.47. The normalized spacial score (nSPS) is 15.1. The number of nitrogens with one attached hydrogen (secondary N) is 3. The van der Waals surface area contributed by atoms with Crippen LogP contribution in [0.25, 0.3) is 22.5 Å². The number of benzene rings is 1. The van der Waals surface area contributed by atoms with Crippen LogP contribution in [0.2, 0.25) is 0 Å². The number of imidazole rings is 1. The Morgan fingerprint density at radius 1 is 1.04 bits per heavy atom. The smallest absolute Gasteiger partial charge is 0.175 e. The lowest BCUT2D eigenvalue weighted by Gasteiger charge is -2.23. The molecule has 3 heterocycles. The number of aromatic amines is 2. The van der Waals surface area contributed by atoms with Gasteiger partial charge in [-0.05, 0) is 61.5 Å². The van der Waals surface area contributed by atoms with Crippen LogP contribution in [0.1, 0.15) is 12.8 Å². The fourth-order valence-corrected chi connectivity index (χ4v) is 3.35. The molecule has 7 heteroatoms. The van der Waals surface area contributed by atoms with Crippen molar-refractivity contribution < 1.29 is 9.13 Å². The molecule has 0 atom stereocenters. The van der Waals surface area contributed by atoms with Gasteiger partial charge in [-0.15, -0.1) is 0 Å². The molecule has 1 aromatic carbocycles. The first kappa shape index (κ1) is 16.9. The number of rotatable bonds is 4. The van der Waals surface area contributed by atoms with Crippen LogP contribution in [0.3, 0.4) is 0 Å². The van der Waals surface area contributed by atoms with Crippen molar-refractivity contribution in [3.05, 3.63) is 53.2 Å². The maximum absolute atomic E-state index is 13.2. The number of anilines is 1. The molecule has 3 aromatic rings. The van der Waals surface area contributed by atoms with Crippen LogP contribution >= 0.6 is 12.2 Å². The van der Waals surface area contributed by atoms with Gasteiger partial charge in [0.25, 0.3) is 0 Å². The van der Waals surface area contributed by atoms with Gasteiger partial charge in [0.15, 0.2) is 4.77 Å². The van der Waals surface area contributed by atoms with E-state index in [0.29, 0.717) is 10.8 Å². The minimum atomic E-state index is -0.267. The molecule has 134 valence electrons.